The lowest BCUT2D eigenvalue weighted by atomic mass is 10.1. The highest BCUT2D eigenvalue weighted by Gasteiger charge is 2.21. The summed E-state index contributed by atoms with van der Waals surface area (Å²) in [6.45, 7) is 29.5. The summed E-state index contributed by atoms with van der Waals surface area (Å²) in [5.74, 6) is 13.5. The first-order valence-electron chi connectivity index (χ1n) is 18.0. The lowest BCUT2D eigenvalue weighted by molar-refractivity contribution is -0.202. The van der Waals surface area contributed by atoms with Gasteiger partial charge in [0.05, 0.1) is 33.0 Å². The monoisotopic (exact) mass is 827 g/mol. The quantitative estimate of drug-likeness (QED) is 0.217. The molecule has 0 amide bonds. The molecule has 8 nitrogen and oxygen atoms in total. The minimum atomic E-state index is -0.220. The second kappa shape index (κ2) is 41.4. The number of rotatable bonds is 5. The van der Waals surface area contributed by atoms with Crippen LogP contribution in [0, 0.1) is 41.4 Å². The molecule has 2 heterocycles. The van der Waals surface area contributed by atoms with E-state index in [0.29, 0.717) is 11.8 Å². The molecule has 1 aromatic rings. The van der Waals surface area contributed by atoms with Crippen molar-refractivity contribution < 1.29 is 39.4 Å². The van der Waals surface area contributed by atoms with Gasteiger partial charge in [-0.2, -0.15) is 0 Å². The summed E-state index contributed by atoms with van der Waals surface area (Å²) in [6, 6.07) is 10.1. The summed E-state index contributed by atoms with van der Waals surface area (Å²) < 4.78 is 22.4. The Morgan fingerprint density at radius 3 is 1.28 bits per heavy atom. The third-order valence-electron chi connectivity index (χ3n) is 8.02. The molecule has 0 saturated carbocycles. The minimum Gasteiger partial charge on any atom is -0.400 e. The van der Waals surface area contributed by atoms with E-state index in [-0.39, 0.29) is 80.4 Å². The molecule has 334 valence electrons. The van der Waals surface area contributed by atoms with Crippen molar-refractivity contribution in [1.29, 1.82) is 0 Å². The molecule has 1 aromatic carbocycles. The zero-order valence-electron chi connectivity index (χ0n) is 35.1. The Hall–Kier alpha value is -2.73. The maximum Gasteiger partial charge on any atom is 0.183 e. The fraction of sp³-hybridized carbons (Fsp3) is 0.625. The van der Waals surface area contributed by atoms with Gasteiger partial charge in [0.2, 0.25) is 0 Å². The van der Waals surface area contributed by atoms with Crippen LogP contribution >= 0.6 is 12.4 Å². The smallest absolute Gasteiger partial charge is 0.183 e. The van der Waals surface area contributed by atoms with Crippen molar-refractivity contribution in [3.8, 4) is 23.7 Å². The van der Waals surface area contributed by atoms with Gasteiger partial charge >= 0.3 is 0 Å². The summed E-state index contributed by atoms with van der Waals surface area (Å²) in [5.41, 5.74) is 9.85. The molecule has 0 aromatic heterocycles. The van der Waals surface area contributed by atoms with Crippen LogP contribution in [0.1, 0.15) is 132 Å². The molecular formula is C48H87ClO8. The van der Waals surface area contributed by atoms with Crippen molar-refractivity contribution in [2.45, 2.75) is 132 Å². The highest BCUT2D eigenvalue weighted by Crippen LogP contribution is 2.24. The molecule has 2 aliphatic heterocycles. The first-order valence-corrected chi connectivity index (χ1v) is 18.0. The summed E-state index contributed by atoms with van der Waals surface area (Å²) >= 11 is 0. The third-order valence-corrected chi connectivity index (χ3v) is 8.02. The van der Waals surface area contributed by atoms with Crippen molar-refractivity contribution in [3.05, 3.63) is 80.5 Å². The fourth-order valence-electron chi connectivity index (χ4n) is 3.44. The maximum atomic E-state index is 8.84. The molecular weight excluding hydrogens is 740 g/mol. The molecule has 2 aliphatic rings. The Morgan fingerprint density at radius 2 is 0.947 bits per heavy atom. The average molecular weight is 828 g/mol. The Kier molecular flexibility index (Phi) is 50.1. The topological polar surface area (TPSA) is 118 Å². The number of halogens is 1. The van der Waals surface area contributed by atoms with Gasteiger partial charge < -0.3 is 39.4 Å². The van der Waals surface area contributed by atoms with E-state index < -0.39 is 0 Å². The molecule has 4 N–H and O–H groups in total. The zero-order valence-corrected chi connectivity index (χ0v) is 35.9. The highest BCUT2D eigenvalue weighted by atomic mass is 35.5. The second-order valence-electron chi connectivity index (χ2n) is 13.7. The van der Waals surface area contributed by atoms with Gasteiger partial charge in [-0.05, 0) is 91.5 Å². The number of allylic oxidation sites excluding steroid dienone is 6. The van der Waals surface area contributed by atoms with E-state index in [1.807, 2.05) is 85.7 Å². The number of hydrogen-bond donors (Lipinski definition) is 4. The molecule has 0 unspecified atom stereocenters. The Balaban J connectivity index is -0.000000117. The van der Waals surface area contributed by atoms with Crippen molar-refractivity contribution in [2.24, 2.45) is 17.8 Å². The summed E-state index contributed by atoms with van der Waals surface area (Å²) in [7, 11) is 1.00. The molecule has 0 atom stereocenters. The summed E-state index contributed by atoms with van der Waals surface area (Å²) in [6.07, 6.45) is -0.375. The van der Waals surface area contributed by atoms with Crippen LogP contribution in [0.15, 0.2) is 74.9 Å². The predicted molar refractivity (Wildman–Crippen MR) is 248 cm³/mol. The number of hydrogen-bond acceptors (Lipinski definition) is 8. The van der Waals surface area contributed by atoms with Gasteiger partial charge in [0.25, 0.3) is 0 Å². The molecule has 2 fully saturated rings. The van der Waals surface area contributed by atoms with Crippen LogP contribution in [0.5, 0.6) is 0 Å². The standard InChI is InChI=1S/C16H24O2.C12H18O.C11H14O2.C4H10O2.CH4O.4CH4.ClH/c1-11(2)13(4)7-8-14(5)15(6)16-17-9-12(3)10-18-16;1-9(2)10(3)6-7-11(4)12(5)8-13;1-9-7-12-11(13-8-9)10-5-3-2-4-6-10;1-4(2-5)3-6;1-2;;;;;/h12,16H,9-10H2,1-6H3;13H,8H2,1-5H3;2-6,9,11H,7-8H2,1H3;4-6H,2-3H2,1H3;2H,1H3;4*1H4;1H/b15-14-;12-11-;;;;;;;;. The van der Waals surface area contributed by atoms with Gasteiger partial charge in [-0.3, -0.25) is 0 Å². The fourth-order valence-corrected chi connectivity index (χ4v) is 3.44. The zero-order chi connectivity index (χ0) is 40.2. The predicted octanol–water partition coefficient (Wildman–Crippen LogP) is 10.9. The molecule has 0 aliphatic carbocycles. The van der Waals surface area contributed by atoms with Gasteiger partial charge in [0, 0.05) is 54.8 Å². The van der Waals surface area contributed by atoms with E-state index in [0.717, 1.165) is 72.5 Å². The normalized spacial score (nSPS) is 18.1. The van der Waals surface area contributed by atoms with E-state index >= 15 is 0 Å². The van der Waals surface area contributed by atoms with Gasteiger partial charge in [-0.25, -0.2) is 0 Å². The number of aliphatic hydroxyl groups excluding tert-OH is 4. The van der Waals surface area contributed by atoms with E-state index in [1.54, 1.807) is 6.92 Å². The molecule has 0 bridgehead atoms. The Morgan fingerprint density at radius 1 is 0.596 bits per heavy atom. The molecule has 57 heavy (non-hydrogen) atoms. The van der Waals surface area contributed by atoms with Crippen LogP contribution in [0.4, 0.5) is 0 Å². The average Bonchev–Trinajstić information content (AvgIpc) is 3.17. The first-order chi connectivity index (χ1) is 24.6. The van der Waals surface area contributed by atoms with Crippen LogP contribution in [0.25, 0.3) is 0 Å². The van der Waals surface area contributed by atoms with Crippen molar-refractivity contribution in [3.63, 3.8) is 0 Å². The van der Waals surface area contributed by atoms with Crippen molar-refractivity contribution >= 4 is 12.4 Å². The van der Waals surface area contributed by atoms with E-state index in [2.05, 4.69) is 51.4 Å². The lowest BCUT2D eigenvalue weighted by Gasteiger charge is -2.28. The number of benzene rings is 1. The maximum absolute atomic E-state index is 8.84. The molecule has 3 rings (SSSR count). The van der Waals surface area contributed by atoms with Crippen molar-refractivity contribution in [2.75, 3.05) is 53.4 Å². The lowest BCUT2D eigenvalue weighted by Crippen LogP contribution is -2.31. The molecule has 0 radical (unpaired) electrons. The number of aliphatic hydroxyl groups is 4. The molecule has 0 spiro atoms. The van der Waals surface area contributed by atoms with Crippen LogP contribution < -0.4 is 0 Å². The number of ether oxygens (including phenoxy) is 4. The van der Waals surface area contributed by atoms with E-state index in [4.69, 9.17) is 39.4 Å². The minimum absolute atomic E-state index is 0. The largest absolute Gasteiger partial charge is 0.400 e. The SMILES string of the molecule is C.C.C.C.CC(C)=C(C)C#C/C(C)=C(/C)C1OCC(C)CO1.CC(C)=C(C)C#C/C(C)=C(/C)CO.CC(CO)CO.CC1COC(c2ccccc2)OC1.CO.Cl. The van der Waals surface area contributed by atoms with Gasteiger partial charge in [-0.15, -0.1) is 12.4 Å². The van der Waals surface area contributed by atoms with Gasteiger partial charge in [-0.1, -0.05) is 116 Å². The molecule has 9 heteroatoms. The van der Waals surface area contributed by atoms with Gasteiger partial charge in [0.15, 0.2) is 12.6 Å². The third kappa shape index (κ3) is 32.9. The van der Waals surface area contributed by atoms with E-state index in [9.17, 15) is 0 Å². The van der Waals surface area contributed by atoms with Crippen LogP contribution in [-0.2, 0) is 18.9 Å². The van der Waals surface area contributed by atoms with Gasteiger partial charge in [0.1, 0.15) is 0 Å². The Labute approximate surface area is 358 Å². The first kappa shape index (κ1) is 68.9. The highest BCUT2D eigenvalue weighted by molar-refractivity contribution is 5.85. The van der Waals surface area contributed by atoms with Crippen LogP contribution in [0.2, 0.25) is 0 Å². The summed E-state index contributed by atoms with van der Waals surface area (Å²) in [4.78, 5) is 0. The van der Waals surface area contributed by atoms with Crippen LogP contribution in [-0.4, -0.2) is 80.1 Å². The Bertz CT molecular complexity index is 1360. The second-order valence-corrected chi connectivity index (χ2v) is 13.7. The summed E-state index contributed by atoms with van der Waals surface area (Å²) in [5, 5.41) is 32.2. The van der Waals surface area contributed by atoms with Crippen molar-refractivity contribution in [1.82, 2.24) is 0 Å². The van der Waals surface area contributed by atoms with E-state index in [1.165, 1.54) is 11.1 Å². The van der Waals surface area contributed by atoms with Crippen LogP contribution in [0.3, 0.4) is 0 Å². The molecule has 2 saturated heterocycles.